The van der Waals surface area contributed by atoms with Crippen molar-refractivity contribution < 1.29 is 4.43 Å². The Morgan fingerprint density at radius 2 is 1.84 bits per heavy atom. The zero-order valence-electron chi connectivity index (χ0n) is 14.0. The summed E-state index contributed by atoms with van der Waals surface area (Å²) in [5.74, 6) is 0. The van der Waals surface area contributed by atoms with Crippen LogP contribution in [0, 0.1) is 0 Å². The minimum atomic E-state index is -1.66. The van der Waals surface area contributed by atoms with Gasteiger partial charge < -0.3 is 4.43 Å². The van der Waals surface area contributed by atoms with Crippen LogP contribution in [0.2, 0.25) is 18.1 Å². The lowest BCUT2D eigenvalue weighted by atomic mass is 10.0. The van der Waals surface area contributed by atoms with Crippen molar-refractivity contribution >= 4 is 30.9 Å². The molecule has 1 nitrogen and oxygen atoms in total. The van der Waals surface area contributed by atoms with Crippen molar-refractivity contribution in [2.75, 3.05) is 4.43 Å². The quantitative estimate of drug-likeness (QED) is 0.153. The Balaban J connectivity index is 4.80. The molecule has 3 heteroatoms. The van der Waals surface area contributed by atoms with E-state index in [2.05, 4.69) is 76.4 Å². The van der Waals surface area contributed by atoms with Crippen LogP contribution in [0.3, 0.4) is 0 Å². The summed E-state index contributed by atoms with van der Waals surface area (Å²) in [6.45, 7) is 16.2. The lowest BCUT2D eigenvalue weighted by Crippen LogP contribution is -2.44. The van der Waals surface area contributed by atoms with E-state index in [9.17, 15) is 0 Å². The fourth-order valence-electron chi connectivity index (χ4n) is 1.74. The summed E-state index contributed by atoms with van der Waals surface area (Å²) in [6, 6.07) is 0. The molecule has 0 aromatic heterocycles. The predicted molar refractivity (Wildman–Crippen MR) is 98.9 cm³/mol. The number of alkyl halides is 1. The second-order valence-electron chi connectivity index (χ2n) is 6.97. The van der Waals surface area contributed by atoms with Gasteiger partial charge >= 0.3 is 0 Å². The molecule has 0 rings (SSSR count). The summed E-state index contributed by atoms with van der Waals surface area (Å²) in [5.41, 5.74) is 1.43. The number of unbranched alkanes of at least 4 members (excludes halogenated alkanes) is 2. The maximum Gasteiger partial charge on any atom is 0.192 e. The molecule has 0 aliphatic rings. The number of allylic oxidation sites excluding steroid dienone is 1. The second kappa shape index (κ2) is 8.83. The number of hydrogen-bond acceptors (Lipinski definition) is 1. The molecule has 1 atom stereocenters. The second-order valence-corrected chi connectivity index (χ2v) is 12.6. The Bertz CT molecular complexity index is 279. The van der Waals surface area contributed by atoms with Gasteiger partial charge in [-0.25, -0.2) is 0 Å². The van der Waals surface area contributed by atoms with Crippen molar-refractivity contribution in [2.24, 2.45) is 0 Å². The highest BCUT2D eigenvalue weighted by Gasteiger charge is 2.39. The summed E-state index contributed by atoms with van der Waals surface area (Å²) in [5, 5.41) is 0.292. The zero-order valence-corrected chi connectivity index (χ0v) is 17.1. The van der Waals surface area contributed by atoms with E-state index < -0.39 is 8.32 Å². The Hall–Kier alpha value is 0.647. The highest BCUT2D eigenvalue weighted by Crippen LogP contribution is 2.38. The summed E-state index contributed by atoms with van der Waals surface area (Å²) in [6.07, 6.45) is 7.71. The first-order valence-electron chi connectivity index (χ1n) is 7.56. The number of rotatable bonds is 8. The molecule has 0 saturated carbocycles. The average molecular weight is 396 g/mol. The van der Waals surface area contributed by atoms with Crippen molar-refractivity contribution in [2.45, 2.75) is 84.5 Å². The fraction of sp³-hybridized carbons (Fsp3) is 0.875. The molecule has 0 bridgehead atoms. The van der Waals surface area contributed by atoms with Crippen LogP contribution in [0.5, 0.6) is 0 Å². The van der Waals surface area contributed by atoms with Crippen LogP contribution < -0.4 is 0 Å². The van der Waals surface area contributed by atoms with Gasteiger partial charge in [0.15, 0.2) is 8.32 Å². The first-order valence-corrected chi connectivity index (χ1v) is 12.0. The maximum absolute atomic E-state index is 6.63. The van der Waals surface area contributed by atoms with E-state index in [4.69, 9.17) is 4.43 Å². The lowest BCUT2D eigenvalue weighted by molar-refractivity contribution is 0.200. The minimum absolute atomic E-state index is 0.292. The van der Waals surface area contributed by atoms with Gasteiger partial charge in [-0.1, -0.05) is 75.6 Å². The molecule has 0 heterocycles. The van der Waals surface area contributed by atoms with Crippen LogP contribution in [-0.4, -0.2) is 18.8 Å². The van der Waals surface area contributed by atoms with E-state index in [1.165, 1.54) is 31.3 Å². The molecule has 0 spiro atoms. The van der Waals surface area contributed by atoms with E-state index in [0.29, 0.717) is 11.1 Å². The molecule has 0 aromatic carbocycles. The first-order chi connectivity index (χ1) is 8.65. The van der Waals surface area contributed by atoms with Crippen molar-refractivity contribution in [1.82, 2.24) is 0 Å². The Morgan fingerprint density at radius 1 is 1.26 bits per heavy atom. The fourth-order valence-corrected chi connectivity index (χ4v) is 3.81. The molecule has 0 aliphatic heterocycles. The molecule has 0 amide bonds. The van der Waals surface area contributed by atoms with Crippen molar-refractivity contribution in [3.63, 3.8) is 0 Å². The molecule has 0 saturated heterocycles. The highest BCUT2D eigenvalue weighted by atomic mass is 127. The molecule has 1 unspecified atom stereocenters. The molecule has 0 N–H and O–H groups in total. The van der Waals surface area contributed by atoms with Gasteiger partial charge in [0.25, 0.3) is 0 Å². The van der Waals surface area contributed by atoms with Crippen LogP contribution in [0.25, 0.3) is 0 Å². The van der Waals surface area contributed by atoms with E-state index in [1.807, 2.05) is 0 Å². The summed E-state index contributed by atoms with van der Waals surface area (Å²) < 4.78 is 7.71. The summed E-state index contributed by atoms with van der Waals surface area (Å²) in [7, 11) is -1.66. The molecule has 0 aromatic rings. The van der Waals surface area contributed by atoms with Gasteiger partial charge in [0, 0.05) is 4.43 Å². The molecule has 0 fully saturated rings. The molecular weight excluding hydrogens is 363 g/mol. The maximum atomic E-state index is 6.63. The number of halogens is 1. The molecule has 0 aliphatic carbocycles. The van der Waals surface area contributed by atoms with Crippen LogP contribution >= 0.6 is 22.6 Å². The topological polar surface area (TPSA) is 9.23 Å². The SMILES string of the molecule is CCCCCC(O[Si](C)(C)C(C)(C)C)/C(C)=C\CI. The molecule has 19 heavy (non-hydrogen) atoms. The van der Waals surface area contributed by atoms with Crippen LogP contribution in [-0.2, 0) is 4.43 Å². The third-order valence-corrected chi connectivity index (χ3v) is 9.15. The monoisotopic (exact) mass is 396 g/mol. The van der Waals surface area contributed by atoms with E-state index in [-0.39, 0.29) is 0 Å². The molecular formula is C16H33IOSi. The van der Waals surface area contributed by atoms with Gasteiger partial charge in [0.1, 0.15) is 0 Å². The van der Waals surface area contributed by atoms with E-state index in [0.717, 1.165) is 4.43 Å². The van der Waals surface area contributed by atoms with Crippen LogP contribution in [0.1, 0.15) is 60.3 Å². The smallest absolute Gasteiger partial charge is 0.192 e. The van der Waals surface area contributed by atoms with Gasteiger partial charge in [0.05, 0.1) is 6.10 Å². The van der Waals surface area contributed by atoms with Gasteiger partial charge in [-0.05, 0) is 37.0 Å². The largest absolute Gasteiger partial charge is 0.410 e. The molecule has 0 radical (unpaired) electrons. The van der Waals surface area contributed by atoms with Gasteiger partial charge in [-0.2, -0.15) is 0 Å². The third kappa shape index (κ3) is 7.28. The van der Waals surface area contributed by atoms with Gasteiger partial charge in [0.2, 0.25) is 0 Å². The lowest BCUT2D eigenvalue weighted by Gasteiger charge is -2.39. The molecule has 114 valence electrons. The average Bonchev–Trinajstić information content (AvgIpc) is 2.26. The summed E-state index contributed by atoms with van der Waals surface area (Å²) in [4.78, 5) is 0. The minimum Gasteiger partial charge on any atom is -0.410 e. The predicted octanol–water partition coefficient (Wildman–Crippen LogP) is 6.34. The Morgan fingerprint density at radius 3 is 2.26 bits per heavy atom. The van der Waals surface area contributed by atoms with Crippen molar-refractivity contribution in [3.8, 4) is 0 Å². The normalized spacial score (nSPS) is 15.7. The van der Waals surface area contributed by atoms with Crippen LogP contribution in [0.4, 0.5) is 0 Å². The Kier molecular flexibility index (Phi) is 9.13. The Labute approximate surface area is 135 Å². The highest BCUT2D eigenvalue weighted by molar-refractivity contribution is 14.1. The van der Waals surface area contributed by atoms with Crippen LogP contribution in [0.15, 0.2) is 11.6 Å². The third-order valence-electron chi connectivity index (χ3n) is 4.22. The van der Waals surface area contributed by atoms with E-state index in [1.54, 1.807) is 0 Å². The standard InChI is InChI=1S/C16H33IOSi/c1-8-9-10-11-15(14(2)12-13-17)18-19(6,7)16(3,4)5/h12,15H,8-11,13H2,1-7H3/b14-12-. The van der Waals surface area contributed by atoms with Gasteiger partial charge in [-0.15, -0.1) is 0 Å². The van der Waals surface area contributed by atoms with Crippen molar-refractivity contribution in [3.05, 3.63) is 11.6 Å². The zero-order chi connectivity index (χ0) is 15.1. The number of hydrogen-bond donors (Lipinski definition) is 0. The van der Waals surface area contributed by atoms with Gasteiger partial charge in [-0.3, -0.25) is 0 Å². The first kappa shape index (κ1) is 19.6. The summed E-state index contributed by atoms with van der Waals surface area (Å²) >= 11 is 2.41. The van der Waals surface area contributed by atoms with Crippen molar-refractivity contribution in [1.29, 1.82) is 0 Å². The van der Waals surface area contributed by atoms with E-state index >= 15 is 0 Å².